The Labute approximate surface area is 163 Å². The van der Waals surface area contributed by atoms with Crippen LogP contribution in [0.25, 0.3) is 0 Å². The molecule has 0 heterocycles. The van der Waals surface area contributed by atoms with Crippen molar-refractivity contribution in [2.24, 2.45) is 5.16 Å². The molecule has 27 heavy (non-hydrogen) atoms. The van der Waals surface area contributed by atoms with E-state index in [9.17, 15) is 13.6 Å². The summed E-state index contributed by atoms with van der Waals surface area (Å²) in [5.74, 6) is -0.326. The van der Waals surface area contributed by atoms with E-state index in [0.29, 0.717) is 11.3 Å². The van der Waals surface area contributed by atoms with Crippen molar-refractivity contribution in [3.63, 3.8) is 0 Å². The molecule has 0 bridgehead atoms. The largest absolute Gasteiger partial charge is 0.493 e. The second-order valence-electron chi connectivity index (χ2n) is 5.30. The van der Waals surface area contributed by atoms with E-state index in [4.69, 9.17) is 9.57 Å². The van der Waals surface area contributed by atoms with Gasteiger partial charge in [-0.05, 0) is 48.9 Å². The molecular weight excluding hydrogens is 426 g/mol. The fourth-order valence-electron chi connectivity index (χ4n) is 2.11. The molecule has 144 valence electrons. The van der Waals surface area contributed by atoms with E-state index < -0.39 is 6.61 Å². The predicted molar refractivity (Wildman–Crippen MR) is 101 cm³/mol. The summed E-state index contributed by atoms with van der Waals surface area (Å²) in [5, 5.41) is 6.40. The summed E-state index contributed by atoms with van der Waals surface area (Å²) < 4.78 is 34.8. The number of ether oxygens (including phenoxy) is 2. The molecule has 1 N–H and O–H groups in total. The number of nitrogens with zero attached hydrogens (tertiary/aromatic N) is 1. The first-order valence-corrected chi connectivity index (χ1v) is 8.52. The van der Waals surface area contributed by atoms with Crippen molar-refractivity contribution in [3.05, 3.63) is 52.0 Å². The highest BCUT2D eigenvalue weighted by molar-refractivity contribution is 9.10. The van der Waals surface area contributed by atoms with E-state index in [2.05, 4.69) is 31.1 Å². The van der Waals surface area contributed by atoms with E-state index in [1.54, 1.807) is 6.07 Å². The minimum absolute atomic E-state index is 0.0881. The molecule has 1 amide bonds. The molecular formula is C18H17BrF2N2O4. The minimum atomic E-state index is -2.95. The van der Waals surface area contributed by atoms with Crippen LogP contribution in [-0.4, -0.2) is 32.4 Å². The highest BCUT2D eigenvalue weighted by Gasteiger charge is 2.10. The summed E-state index contributed by atoms with van der Waals surface area (Å²) in [5.41, 5.74) is 2.10. The molecule has 0 atom stereocenters. The van der Waals surface area contributed by atoms with Gasteiger partial charge in [-0.25, -0.2) is 0 Å². The number of carbonyl (C=O) groups excluding carboxylic acids is 1. The first kappa shape index (κ1) is 20.6. The van der Waals surface area contributed by atoms with Gasteiger partial charge in [0.2, 0.25) is 0 Å². The van der Waals surface area contributed by atoms with Gasteiger partial charge in [0.05, 0.1) is 13.3 Å². The molecule has 2 rings (SSSR count). The number of halogens is 3. The monoisotopic (exact) mass is 442 g/mol. The third kappa shape index (κ3) is 6.52. The van der Waals surface area contributed by atoms with Gasteiger partial charge in [-0.15, -0.1) is 0 Å². The summed E-state index contributed by atoms with van der Waals surface area (Å²) in [7, 11) is 1.33. The molecule has 0 radical (unpaired) electrons. The lowest BCUT2D eigenvalue weighted by Gasteiger charge is -2.10. The number of amides is 1. The van der Waals surface area contributed by atoms with Crippen LogP contribution in [0.4, 0.5) is 14.5 Å². The van der Waals surface area contributed by atoms with E-state index in [1.807, 2.05) is 19.1 Å². The number of methoxy groups -OCH3 is 1. The van der Waals surface area contributed by atoms with Crippen LogP contribution < -0.4 is 14.8 Å². The van der Waals surface area contributed by atoms with Crippen LogP contribution >= 0.6 is 15.9 Å². The number of oxime groups is 1. The molecule has 6 nitrogen and oxygen atoms in total. The number of benzene rings is 2. The maximum absolute atomic E-state index is 12.3. The Morgan fingerprint density at radius 2 is 2.04 bits per heavy atom. The number of anilines is 1. The van der Waals surface area contributed by atoms with Crippen molar-refractivity contribution in [2.45, 2.75) is 13.5 Å². The first-order valence-electron chi connectivity index (χ1n) is 7.73. The zero-order chi connectivity index (χ0) is 19.8. The number of rotatable bonds is 8. The average molecular weight is 443 g/mol. The summed E-state index contributed by atoms with van der Waals surface area (Å²) >= 11 is 3.35. The predicted octanol–water partition coefficient (Wildman–Crippen LogP) is 4.36. The zero-order valence-electron chi connectivity index (χ0n) is 14.5. The second kappa shape index (κ2) is 9.86. The molecule has 0 aromatic heterocycles. The van der Waals surface area contributed by atoms with Crippen LogP contribution in [-0.2, 0) is 9.63 Å². The molecule has 0 aliphatic heterocycles. The number of aryl methyl sites for hydroxylation is 1. The van der Waals surface area contributed by atoms with Gasteiger partial charge < -0.3 is 19.6 Å². The third-order valence-electron chi connectivity index (χ3n) is 3.34. The third-order valence-corrected chi connectivity index (χ3v) is 3.83. The van der Waals surface area contributed by atoms with Crippen LogP contribution in [0.15, 0.2) is 46.0 Å². The van der Waals surface area contributed by atoms with Gasteiger partial charge in [0.1, 0.15) is 0 Å². The van der Waals surface area contributed by atoms with Gasteiger partial charge in [-0.1, -0.05) is 21.1 Å². The lowest BCUT2D eigenvalue weighted by atomic mass is 10.2. The molecule has 2 aromatic rings. The van der Waals surface area contributed by atoms with Crippen molar-refractivity contribution in [2.75, 3.05) is 19.0 Å². The van der Waals surface area contributed by atoms with Crippen molar-refractivity contribution in [3.8, 4) is 11.5 Å². The van der Waals surface area contributed by atoms with Gasteiger partial charge in [0, 0.05) is 15.7 Å². The van der Waals surface area contributed by atoms with Crippen LogP contribution in [0.5, 0.6) is 11.5 Å². The topological polar surface area (TPSA) is 69.2 Å². The Hall–Kier alpha value is -2.68. The van der Waals surface area contributed by atoms with Gasteiger partial charge in [0.15, 0.2) is 18.1 Å². The summed E-state index contributed by atoms with van der Waals surface area (Å²) in [6.45, 7) is -1.36. The second-order valence-corrected chi connectivity index (χ2v) is 6.22. The molecule has 0 unspecified atom stereocenters. The highest BCUT2D eigenvalue weighted by Crippen LogP contribution is 2.29. The van der Waals surface area contributed by atoms with Gasteiger partial charge in [-0.3, -0.25) is 4.79 Å². The van der Waals surface area contributed by atoms with Crippen LogP contribution in [0, 0.1) is 6.92 Å². The number of hydrogen-bond donors (Lipinski definition) is 1. The van der Waals surface area contributed by atoms with Crippen LogP contribution in [0.1, 0.15) is 11.1 Å². The Morgan fingerprint density at radius 3 is 2.70 bits per heavy atom. The highest BCUT2D eigenvalue weighted by atomic mass is 79.9. The first-order chi connectivity index (χ1) is 12.9. The lowest BCUT2D eigenvalue weighted by Crippen LogP contribution is -2.17. The number of hydrogen-bond acceptors (Lipinski definition) is 5. The molecule has 9 heteroatoms. The summed E-state index contributed by atoms with van der Waals surface area (Å²) in [6, 6.07) is 9.75. The maximum atomic E-state index is 12.3. The minimum Gasteiger partial charge on any atom is -0.493 e. The van der Waals surface area contributed by atoms with E-state index >= 15 is 0 Å². The Bertz CT molecular complexity index is 831. The maximum Gasteiger partial charge on any atom is 0.387 e. The lowest BCUT2D eigenvalue weighted by molar-refractivity contribution is -0.120. The van der Waals surface area contributed by atoms with Crippen molar-refractivity contribution in [1.82, 2.24) is 0 Å². The fraction of sp³-hybridized carbons (Fsp3) is 0.222. The fourth-order valence-corrected chi connectivity index (χ4v) is 2.58. The van der Waals surface area contributed by atoms with E-state index in [-0.39, 0.29) is 24.0 Å². The molecule has 0 fully saturated rings. The van der Waals surface area contributed by atoms with Gasteiger partial charge in [0.25, 0.3) is 5.91 Å². The molecule has 0 saturated heterocycles. The van der Waals surface area contributed by atoms with Crippen LogP contribution in [0.3, 0.4) is 0 Å². The van der Waals surface area contributed by atoms with E-state index in [1.165, 1.54) is 31.5 Å². The molecule has 0 spiro atoms. The molecule has 0 saturated carbocycles. The SMILES string of the molecule is COc1cc(/C=N/OCC(=O)Nc2ccc(Br)cc2C)ccc1OC(F)F. The Kier molecular flexibility index (Phi) is 7.54. The average Bonchev–Trinajstić information content (AvgIpc) is 2.61. The number of carbonyl (C=O) groups is 1. The smallest absolute Gasteiger partial charge is 0.387 e. The van der Waals surface area contributed by atoms with Crippen molar-refractivity contribution < 1.29 is 27.9 Å². The quantitative estimate of drug-likeness (QED) is 0.487. The normalized spacial score (nSPS) is 10.9. The molecule has 0 aliphatic rings. The standard InChI is InChI=1S/C18H17BrF2N2O4/c1-11-7-13(19)4-5-14(11)23-17(24)10-26-22-9-12-3-6-15(27-18(20)21)16(8-12)25-2/h3-9,18H,10H2,1-2H3,(H,23,24)/b22-9+. The number of alkyl halides is 2. The zero-order valence-corrected chi connectivity index (χ0v) is 16.1. The molecule has 2 aromatic carbocycles. The number of nitrogens with one attached hydrogen (secondary N) is 1. The Morgan fingerprint density at radius 1 is 1.26 bits per heavy atom. The summed E-state index contributed by atoms with van der Waals surface area (Å²) in [6.07, 6.45) is 1.33. The van der Waals surface area contributed by atoms with Crippen molar-refractivity contribution >= 4 is 33.7 Å². The summed E-state index contributed by atoms with van der Waals surface area (Å²) in [4.78, 5) is 16.8. The van der Waals surface area contributed by atoms with Crippen LogP contribution in [0.2, 0.25) is 0 Å². The molecule has 0 aliphatic carbocycles. The van der Waals surface area contributed by atoms with Crippen molar-refractivity contribution in [1.29, 1.82) is 0 Å². The van der Waals surface area contributed by atoms with Gasteiger partial charge >= 0.3 is 6.61 Å². The Balaban J connectivity index is 1.88. The van der Waals surface area contributed by atoms with Gasteiger partial charge in [-0.2, -0.15) is 8.78 Å². The van der Waals surface area contributed by atoms with E-state index in [0.717, 1.165) is 10.0 Å².